The zero-order valence-corrected chi connectivity index (χ0v) is 13.5. The van der Waals surface area contributed by atoms with E-state index in [1.54, 1.807) is 0 Å². The third-order valence-corrected chi connectivity index (χ3v) is 4.23. The Kier molecular flexibility index (Phi) is 5.99. The summed E-state index contributed by atoms with van der Waals surface area (Å²) >= 11 is 0. The molecule has 1 aliphatic rings. The number of carbonyl (C=O) groups excluding carboxylic acids is 2. The Balaban J connectivity index is 1.85. The van der Waals surface area contributed by atoms with Crippen LogP contribution in [0.4, 0.5) is 0 Å². The number of carbonyl (C=O) groups is 2. The first kappa shape index (κ1) is 16.5. The monoisotopic (exact) mass is 302 g/mol. The average Bonchev–Trinajstić information content (AvgIpc) is 2.69. The van der Waals surface area contributed by atoms with E-state index in [4.69, 9.17) is 0 Å². The van der Waals surface area contributed by atoms with Crippen LogP contribution >= 0.6 is 0 Å². The number of hydrogen-bond donors (Lipinski definition) is 1. The van der Waals surface area contributed by atoms with Gasteiger partial charge in [-0.05, 0) is 24.3 Å². The fourth-order valence-corrected chi connectivity index (χ4v) is 2.72. The van der Waals surface area contributed by atoms with Gasteiger partial charge in [0.25, 0.3) is 0 Å². The van der Waals surface area contributed by atoms with Crippen molar-refractivity contribution in [3.63, 3.8) is 0 Å². The molecule has 1 saturated heterocycles. The Morgan fingerprint density at radius 1 is 1.27 bits per heavy atom. The van der Waals surface area contributed by atoms with Crippen LogP contribution in [-0.4, -0.2) is 29.8 Å². The van der Waals surface area contributed by atoms with E-state index in [0.717, 1.165) is 19.4 Å². The Morgan fingerprint density at radius 3 is 2.68 bits per heavy atom. The molecule has 4 heteroatoms. The summed E-state index contributed by atoms with van der Waals surface area (Å²) in [5.41, 5.74) is 1.17. The van der Waals surface area contributed by atoms with Gasteiger partial charge < -0.3 is 10.2 Å². The van der Waals surface area contributed by atoms with Crippen molar-refractivity contribution in [3.8, 4) is 0 Å². The predicted molar refractivity (Wildman–Crippen MR) is 87.0 cm³/mol. The largest absolute Gasteiger partial charge is 0.356 e. The van der Waals surface area contributed by atoms with Crippen molar-refractivity contribution in [3.05, 3.63) is 35.9 Å². The van der Waals surface area contributed by atoms with E-state index in [0.29, 0.717) is 25.4 Å². The van der Waals surface area contributed by atoms with E-state index in [2.05, 4.69) is 17.4 Å². The van der Waals surface area contributed by atoms with Crippen LogP contribution in [0.15, 0.2) is 30.3 Å². The summed E-state index contributed by atoms with van der Waals surface area (Å²) in [7, 11) is 0. The minimum absolute atomic E-state index is 0.0157. The molecule has 0 aliphatic carbocycles. The maximum atomic E-state index is 12.2. The van der Waals surface area contributed by atoms with Crippen LogP contribution in [0.3, 0.4) is 0 Å². The van der Waals surface area contributed by atoms with E-state index in [-0.39, 0.29) is 17.7 Å². The highest BCUT2D eigenvalue weighted by Crippen LogP contribution is 2.19. The van der Waals surface area contributed by atoms with Gasteiger partial charge in [-0.2, -0.15) is 0 Å². The van der Waals surface area contributed by atoms with Crippen molar-refractivity contribution in [2.75, 3.05) is 13.1 Å². The second-order valence-corrected chi connectivity index (χ2v) is 6.39. The second-order valence-electron chi connectivity index (χ2n) is 6.39. The van der Waals surface area contributed by atoms with E-state index >= 15 is 0 Å². The number of nitrogens with zero attached hydrogens (tertiary/aromatic N) is 1. The van der Waals surface area contributed by atoms with Crippen molar-refractivity contribution >= 4 is 11.8 Å². The average molecular weight is 302 g/mol. The standard InChI is InChI=1S/C18H26N2O2/c1-14(2)18(22)19-12-15-8-9-17(21)20(11-10-15)13-16-6-4-3-5-7-16/h3-7,14-15H,8-13H2,1-2H3,(H,19,22). The van der Waals surface area contributed by atoms with E-state index in [9.17, 15) is 9.59 Å². The molecule has 0 spiro atoms. The molecule has 1 unspecified atom stereocenters. The van der Waals surface area contributed by atoms with Crippen LogP contribution in [0.25, 0.3) is 0 Å². The molecule has 1 heterocycles. The second kappa shape index (κ2) is 7.97. The Bertz CT molecular complexity index is 499. The molecule has 4 nitrogen and oxygen atoms in total. The summed E-state index contributed by atoms with van der Waals surface area (Å²) in [5.74, 6) is 0.729. The summed E-state index contributed by atoms with van der Waals surface area (Å²) in [4.78, 5) is 25.8. The maximum absolute atomic E-state index is 12.2. The molecule has 0 bridgehead atoms. The molecule has 1 N–H and O–H groups in total. The first-order valence-electron chi connectivity index (χ1n) is 8.15. The predicted octanol–water partition coefficient (Wildman–Crippen LogP) is 2.59. The minimum Gasteiger partial charge on any atom is -0.356 e. The molecule has 2 amide bonds. The van der Waals surface area contributed by atoms with Crippen molar-refractivity contribution in [1.82, 2.24) is 10.2 Å². The SMILES string of the molecule is CC(C)C(=O)NCC1CCC(=O)N(Cc2ccccc2)CC1. The lowest BCUT2D eigenvalue weighted by Gasteiger charge is -2.21. The van der Waals surface area contributed by atoms with Crippen LogP contribution in [-0.2, 0) is 16.1 Å². The lowest BCUT2D eigenvalue weighted by Crippen LogP contribution is -2.33. The van der Waals surface area contributed by atoms with Gasteiger partial charge in [0, 0.05) is 32.0 Å². The Hall–Kier alpha value is -1.84. The van der Waals surface area contributed by atoms with E-state index in [1.807, 2.05) is 36.9 Å². The van der Waals surface area contributed by atoms with Gasteiger partial charge in [-0.1, -0.05) is 44.2 Å². The summed E-state index contributed by atoms with van der Waals surface area (Å²) < 4.78 is 0. The molecule has 0 aromatic heterocycles. The molecular formula is C18H26N2O2. The summed E-state index contributed by atoms with van der Waals surface area (Å²) in [6.07, 6.45) is 2.40. The highest BCUT2D eigenvalue weighted by molar-refractivity contribution is 5.78. The van der Waals surface area contributed by atoms with E-state index < -0.39 is 0 Å². The van der Waals surface area contributed by atoms with Crippen LogP contribution in [0, 0.1) is 11.8 Å². The molecule has 120 valence electrons. The topological polar surface area (TPSA) is 49.4 Å². The van der Waals surface area contributed by atoms with Gasteiger partial charge in [0.15, 0.2) is 0 Å². The van der Waals surface area contributed by atoms with Gasteiger partial charge in [0.2, 0.25) is 11.8 Å². The molecule has 1 aliphatic heterocycles. The van der Waals surface area contributed by atoms with Crippen molar-refractivity contribution in [1.29, 1.82) is 0 Å². The van der Waals surface area contributed by atoms with Crippen LogP contribution < -0.4 is 5.32 Å². The first-order chi connectivity index (χ1) is 10.6. The smallest absolute Gasteiger partial charge is 0.222 e. The Morgan fingerprint density at radius 2 is 2.00 bits per heavy atom. The van der Waals surface area contributed by atoms with E-state index in [1.165, 1.54) is 5.56 Å². The third-order valence-electron chi connectivity index (χ3n) is 4.23. The lowest BCUT2D eigenvalue weighted by molar-refractivity contribution is -0.131. The summed E-state index contributed by atoms with van der Waals surface area (Å²) in [6.45, 7) is 5.94. The van der Waals surface area contributed by atoms with Gasteiger partial charge in [-0.25, -0.2) is 0 Å². The zero-order chi connectivity index (χ0) is 15.9. The van der Waals surface area contributed by atoms with Gasteiger partial charge in [0.1, 0.15) is 0 Å². The van der Waals surface area contributed by atoms with Gasteiger partial charge >= 0.3 is 0 Å². The van der Waals surface area contributed by atoms with Crippen LogP contribution in [0.1, 0.15) is 38.7 Å². The number of benzene rings is 1. The van der Waals surface area contributed by atoms with Gasteiger partial charge in [-0.15, -0.1) is 0 Å². The minimum atomic E-state index is 0.0157. The number of amides is 2. The summed E-state index contributed by atoms with van der Waals surface area (Å²) in [6, 6.07) is 10.1. The molecule has 1 fully saturated rings. The summed E-state index contributed by atoms with van der Waals surface area (Å²) in [5, 5.41) is 2.99. The number of likely N-dealkylation sites (tertiary alicyclic amines) is 1. The molecular weight excluding hydrogens is 276 g/mol. The van der Waals surface area contributed by atoms with Gasteiger partial charge in [-0.3, -0.25) is 9.59 Å². The van der Waals surface area contributed by atoms with Crippen LogP contribution in [0.5, 0.6) is 0 Å². The van der Waals surface area contributed by atoms with Crippen molar-refractivity contribution < 1.29 is 9.59 Å². The molecule has 0 saturated carbocycles. The van der Waals surface area contributed by atoms with Gasteiger partial charge in [0.05, 0.1) is 0 Å². The molecule has 1 atom stereocenters. The molecule has 1 aromatic rings. The fourth-order valence-electron chi connectivity index (χ4n) is 2.72. The van der Waals surface area contributed by atoms with Crippen LogP contribution in [0.2, 0.25) is 0 Å². The number of hydrogen-bond acceptors (Lipinski definition) is 2. The number of nitrogens with one attached hydrogen (secondary N) is 1. The maximum Gasteiger partial charge on any atom is 0.222 e. The molecule has 0 radical (unpaired) electrons. The van der Waals surface area contributed by atoms with Crippen molar-refractivity contribution in [2.45, 2.75) is 39.7 Å². The molecule has 22 heavy (non-hydrogen) atoms. The highest BCUT2D eigenvalue weighted by atomic mass is 16.2. The highest BCUT2D eigenvalue weighted by Gasteiger charge is 2.23. The zero-order valence-electron chi connectivity index (χ0n) is 13.5. The first-order valence-corrected chi connectivity index (χ1v) is 8.15. The Labute approximate surface area is 132 Å². The fraction of sp³-hybridized carbons (Fsp3) is 0.556. The lowest BCUT2D eigenvalue weighted by atomic mass is 10.0. The third kappa shape index (κ3) is 4.86. The molecule has 1 aromatic carbocycles. The quantitative estimate of drug-likeness (QED) is 0.909. The van der Waals surface area contributed by atoms with Crippen molar-refractivity contribution in [2.24, 2.45) is 11.8 Å². The normalized spacial score (nSPS) is 19.1. The number of rotatable bonds is 5. The molecule has 2 rings (SSSR count).